The van der Waals surface area contributed by atoms with Gasteiger partial charge in [0.1, 0.15) is 22.4 Å². The van der Waals surface area contributed by atoms with Crippen LogP contribution in [-0.2, 0) is 12.6 Å². The maximum Gasteiger partial charge on any atom is 0.416 e. The van der Waals surface area contributed by atoms with Crippen LogP contribution >= 0.6 is 11.3 Å². The minimum atomic E-state index is -4.39. The number of rotatable bonds is 6. The summed E-state index contributed by atoms with van der Waals surface area (Å²) in [6.45, 7) is 0.773. The SMILES string of the molecule is COc1ccc(CCN2CC(O)=C(c3nc(-c4ccc(C(F)(F)F)cc4)cs3)C2=N)cc1. The van der Waals surface area contributed by atoms with Crippen LogP contribution in [0.4, 0.5) is 13.2 Å². The largest absolute Gasteiger partial charge is 0.510 e. The van der Waals surface area contributed by atoms with Gasteiger partial charge >= 0.3 is 6.18 Å². The molecule has 4 rings (SSSR count). The zero-order valence-corrected chi connectivity index (χ0v) is 17.9. The van der Waals surface area contributed by atoms with Crippen molar-refractivity contribution in [1.82, 2.24) is 9.88 Å². The van der Waals surface area contributed by atoms with Crippen molar-refractivity contribution in [3.63, 3.8) is 0 Å². The van der Waals surface area contributed by atoms with Crippen LogP contribution in [0.2, 0.25) is 0 Å². The summed E-state index contributed by atoms with van der Waals surface area (Å²) >= 11 is 1.25. The van der Waals surface area contributed by atoms with E-state index in [0.29, 0.717) is 34.8 Å². The number of benzene rings is 2. The lowest BCUT2D eigenvalue weighted by atomic mass is 10.1. The summed E-state index contributed by atoms with van der Waals surface area (Å²) in [4.78, 5) is 6.24. The summed E-state index contributed by atoms with van der Waals surface area (Å²) in [5, 5.41) is 21.2. The summed E-state index contributed by atoms with van der Waals surface area (Å²) in [6.07, 6.45) is -3.70. The first kappa shape index (κ1) is 21.9. The molecule has 0 unspecified atom stereocenters. The number of methoxy groups -OCH3 is 1. The predicted molar refractivity (Wildman–Crippen MR) is 118 cm³/mol. The summed E-state index contributed by atoms with van der Waals surface area (Å²) in [5.41, 5.74) is 1.78. The van der Waals surface area contributed by atoms with Gasteiger partial charge in [-0.2, -0.15) is 13.2 Å². The molecule has 1 aliphatic rings. The van der Waals surface area contributed by atoms with Crippen LogP contribution in [0.15, 0.2) is 59.7 Å². The number of amidine groups is 1. The smallest absolute Gasteiger partial charge is 0.416 e. The summed E-state index contributed by atoms with van der Waals surface area (Å²) in [5.74, 6) is 1.03. The molecule has 0 amide bonds. The number of halogens is 3. The van der Waals surface area contributed by atoms with Crippen molar-refractivity contribution in [3.8, 4) is 17.0 Å². The highest BCUT2D eigenvalue weighted by molar-refractivity contribution is 7.11. The average molecular weight is 459 g/mol. The van der Waals surface area contributed by atoms with Crippen molar-refractivity contribution in [3.05, 3.63) is 75.8 Å². The second-order valence-corrected chi connectivity index (χ2v) is 8.16. The van der Waals surface area contributed by atoms with E-state index in [1.165, 1.54) is 23.5 Å². The molecule has 32 heavy (non-hydrogen) atoms. The van der Waals surface area contributed by atoms with Gasteiger partial charge < -0.3 is 14.7 Å². The Balaban J connectivity index is 1.45. The molecule has 0 bridgehead atoms. The van der Waals surface area contributed by atoms with Crippen molar-refractivity contribution in [1.29, 1.82) is 5.41 Å². The van der Waals surface area contributed by atoms with Crippen molar-refractivity contribution in [2.24, 2.45) is 0 Å². The standard InChI is InChI=1S/C23H20F3N3O2S/c1-31-17-8-2-14(3-9-17)10-11-29-12-19(30)20(21(29)27)22-28-18(13-32-22)15-4-6-16(7-5-15)23(24,25)26/h2-9,13,27,30H,10-12H2,1H3. The minimum Gasteiger partial charge on any atom is -0.510 e. The van der Waals surface area contributed by atoms with Crippen LogP contribution in [-0.4, -0.2) is 41.0 Å². The van der Waals surface area contributed by atoms with Crippen LogP contribution in [0.25, 0.3) is 16.8 Å². The Morgan fingerprint density at radius 1 is 1.12 bits per heavy atom. The zero-order valence-electron chi connectivity index (χ0n) is 17.1. The number of aromatic nitrogens is 1. The van der Waals surface area contributed by atoms with Crippen molar-refractivity contribution < 1.29 is 23.0 Å². The second-order valence-electron chi connectivity index (χ2n) is 7.30. The monoisotopic (exact) mass is 459 g/mol. The number of ether oxygens (including phenoxy) is 1. The molecule has 2 aromatic carbocycles. The van der Waals surface area contributed by atoms with Gasteiger partial charge in [0.15, 0.2) is 0 Å². The Morgan fingerprint density at radius 2 is 1.81 bits per heavy atom. The lowest BCUT2D eigenvalue weighted by molar-refractivity contribution is -0.137. The fourth-order valence-corrected chi connectivity index (χ4v) is 4.35. The Kier molecular flexibility index (Phi) is 5.92. The summed E-state index contributed by atoms with van der Waals surface area (Å²) in [6, 6.07) is 12.5. The molecular formula is C23H20F3N3O2S. The quantitative estimate of drug-likeness (QED) is 0.500. The first-order valence-corrected chi connectivity index (χ1v) is 10.7. The van der Waals surface area contributed by atoms with E-state index < -0.39 is 11.7 Å². The van der Waals surface area contributed by atoms with Gasteiger partial charge in [0.05, 0.1) is 30.5 Å². The maximum atomic E-state index is 12.8. The van der Waals surface area contributed by atoms with Gasteiger partial charge in [-0.1, -0.05) is 24.3 Å². The average Bonchev–Trinajstić information content (AvgIpc) is 3.36. The molecule has 2 heterocycles. The molecule has 0 saturated carbocycles. The van der Waals surface area contributed by atoms with Gasteiger partial charge in [0.2, 0.25) is 0 Å². The molecular weight excluding hydrogens is 439 g/mol. The summed E-state index contributed by atoms with van der Waals surface area (Å²) < 4.78 is 43.5. The maximum absolute atomic E-state index is 12.8. The van der Waals surface area contributed by atoms with E-state index in [2.05, 4.69) is 4.98 Å². The number of aliphatic hydroxyl groups is 1. The number of alkyl halides is 3. The molecule has 1 aliphatic heterocycles. The molecule has 166 valence electrons. The Bertz CT molecular complexity index is 1150. The van der Waals surface area contributed by atoms with E-state index in [0.717, 1.165) is 23.4 Å². The molecule has 3 aromatic rings. The fourth-order valence-electron chi connectivity index (χ4n) is 3.46. The Morgan fingerprint density at radius 3 is 2.44 bits per heavy atom. The lowest BCUT2D eigenvalue weighted by Crippen LogP contribution is -2.28. The van der Waals surface area contributed by atoms with Gasteiger partial charge in [-0.15, -0.1) is 11.3 Å². The van der Waals surface area contributed by atoms with E-state index in [4.69, 9.17) is 10.1 Å². The van der Waals surface area contributed by atoms with Crippen LogP contribution in [0, 0.1) is 5.41 Å². The number of nitrogens with one attached hydrogen (secondary N) is 1. The topological polar surface area (TPSA) is 69.4 Å². The van der Waals surface area contributed by atoms with E-state index in [-0.39, 0.29) is 18.1 Å². The number of aliphatic hydroxyl groups excluding tert-OH is 1. The molecule has 0 fully saturated rings. The lowest BCUT2D eigenvalue weighted by Gasteiger charge is -2.18. The van der Waals surface area contributed by atoms with Crippen molar-refractivity contribution in [2.75, 3.05) is 20.2 Å². The van der Waals surface area contributed by atoms with Gasteiger partial charge in [0.25, 0.3) is 0 Å². The summed E-state index contributed by atoms with van der Waals surface area (Å²) in [7, 11) is 1.61. The highest BCUT2D eigenvalue weighted by atomic mass is 32.1. The molecule has 0 saturated heterocycles. The highest BCUT2D eigenvalue weighted by Crippen LogP contribution is 2.34. The van der Waals surface area contributed by atoms with Crippen LogP contribution < -0.4 is 4.74 Å². The molecule has 9 heteroatoms. The molecule has 1 aromatic heterocycles. The van der Waals surface area contributed by atoms with E-state index in [1.54, 1.807) is 17.4 Å². The molecule has 2 N–H and O–H groups in total. The van der Waals surface area contributed by atoms with Crippen LogP contribution in [0.5, 0.6) is 5.75 Å². The second kappa shape index (κ2) is 8.66. The van der Waals surface area contributed by atoms with E-state index in [9.17, 15) is 18.3 Å². The van der Waals surface area contributed by atoms with Gasteiger partial charge in [0, 0.05) is 17.5 Å². The molecule has 0 radical (unpaired) electrons. The minimum absolute atomic E-state index is 0.0676. The molecule has 0 spiro atoms. The van der Waals surface area contributed by atoms with Crippen molar-refractivity contribution >= 4 is 22.7 Å². The Hall–Kier alpha value is -3.33. The van der Waals surface area contributed by atoms with E-state index in [1.807, 2.05) is 24.3 Å². The predicted octanol–water partition coefficient (Wildman–Crippen LogP) is 5.64. The fraction of sp³-hybridized carbons (Fsp3) is 0.217. The first-order chi connectivity index (χ1) is 15.3. The molecule has 0 aliphatic carbocycles. The highest BCUT2D eigenvalue weighted by Gasteiger charge is 2.31. The van der Waals surface area contributed by atoms with Crippen LogP contribution in [0.3, 0.4) is 0 Å². The normalized spacial score (nSPS) is 14.4. The van der Waals surface area contributed by atoms with Crippen molar-refractivity contribution in [2.45, 2.75) is 12.6 Å². The first-order valence-electron chi connectivity index (χ1n) is 9.78. The number of thiazole rings is 1. The third-order valence-corrected chi connectivity index (χ3v) is 6.10. The Labute approximate surface area is 186 Å². The third-order valence-electron chi connectivity index (χ3n) is 5.24. The van der Waals surface area contributed by atoms with E-state index >= 15 is 0 Å². The van der Waals surface area contributed by atoms with Gasteiger partial charge in [-0.25, -0.2) is 4.98 Å². The van der Waals surface area contributed by atoms with Crippen LogP contribution in [0.1, 0.15) is 16.1 Å². The third kappa shape index (κ3) is 4.47. The van der Waals surface area contributed by atoms with Gasteiger partial charge in [-0.05, 0) is 36.2 Å². The number of hydrogen-bond donors (Lipinski definition) is 2. The zero-order chi connectivity index (χ0) is 22.9. The number of hydrogen-bond acceptors (Lipinski definition) is 5. The molecule has 0 atom stereocenters. The number of nitrogens with zero attached hydrogens (tertiary/aromatic N) is 2. The van der Waals surface area contributed by atoms with Gasteiger partial charge in [-0.3, -0.25) is 5.41 Å². The molecule has 5 nitrogen and oxygen atoms in total.